The molecule has 1 aliphatic heterocycles. The predicted octanol–water partition coefficient (Wildman–Crippen LogP) is 2.49. The Labute approximate surface area is 169 Å². The molecule has 2 amide bonds. The summed E-state index contributed by atoms with van der Waals surface area (Å²) in [5.41, 5.74) is -1.18. The van der Waals surface area contributed by atoms with Crippen molar-refractivity contribution >= 4 is 11.8 Å². The highest BCUT2D eigenvalue weighted by atomic mass is 19.3. The maximum Gasteiger partial charge on any atom is 0.352 e. The molecule has 29 heavy (non-hydrogen) atoms. The number of nitrogens with one attached hydrogen (secondary N) is 1. The molecular formula is C21H28F2N2O4. The largest absolute Gasteiger partial charge is 0.383 e. The van der Waals surface area contributed by atoms with Gasteiger partial charge in [0, 0.05) is 25.2 Å². The summed E-state index contributed by atoms with van der Waals surface area (Å²) in [6, 6.07) is 6.50. The molecule has 1 heterocycles. The second-order valence-electron chi connectivity index (χ2n) is 8.16. The maximum atomic E-state index is 14.3. The van der Waals surface area contributed by atoms with Gasteiger partial charge in [0.05, 0.1) is 12.2 Å². The number of carbonyl (C=O) groups excluding carboxylic acids is 2. The van der Waals surface area contributed by atoms with Gasteiger partial charge in [0.25, 0.3) is 11.8 Å². The third-order valence-electron chi connectivity index (χ3n) is 5.66. The first-order valence-corrected chi connectivity index (χ1v) is 10.0. The zero-order valence-corrected chi connectivity index (χ0v) is 16.8. The van der Waals surface area contributed by atoms with E-state index in [1.54, 1.807) is 29.2 Å². The van der Waals surface area contributed by atoms with Gasteiger partial charge in [-0.15, -0.1) is 0 Å². The van der Waals surface area contributed by atoms with Crippen molar-refractivity contribution in [2.45, 2.75) is 69.8 Å². The number of hydrogen-bond donors (Lipinski definition) is 2. The molecule has 1 aromatic carbocycles. The molecule has 160 valence electrons. The van der Waals surface area contributed by atoms with Gasteiger partial charge in [-0.1, -0.05) is 25.0 Å². The van der Waals surface area contributed by atoms with E-state index in [2.05, 4.69) is 5.32 Å². The molecule has 1 saturated carbocycles. The summed E-state index contributed by atoms with van der Waals surface area (Å²) in [7, 11) is 0. The number of ether oxygens (including phenoxy) is 1. The van der Waals surface area contributed by atoms with Crippen LogP contribution >= 0.6 is 0 Å². The van der Waals surface area contributed by atoms with Crippen LogP contribution in [-0.2, 0) is 16.1 Å². The van der Waals surface area contributed by atoms with Crippen molar-refractivity contribution in [3.8, 4) is 0 Å². The molecule has 8 heteroatoms. The normalized spacial score (nSPS) is 24.4. The van der Waals surface area contributed by atoms with Crippen molar-refractivity contribution < 1.29 is 28.2 Å². The highest BCUT2D eigenvalue weighted by Gasteiger charge is 2.58. The predicted molar refractivity (Wildman–Crippen MR) is 103 cm³/mol. The average molecular weight is 410 g/mol. The Kier molecular flexibility index (Phi) is 6.24. The number of nitrogens with zero attached hydrogens (tertiary/aromatic N) is 1. The lowest BCUT2D eigenvalue weighted by atomic mass is 9.93. The van der Waals surface area contributed by atoms with Gasteiger partial charge >= 0.3 is 5.92 Å². The summed E-state index contributed by atoms with van der Waals surface area (Å²) in [5, 5.41) is 12.3. The summed E-state index contributed by atoms with van der Waals surface area (Å²) in [6.07, 6.45) is 0.735. The van der Waals surface area contributed by atoms with Crippen molar-refractivity contribution in [3.63, 3.8) is 0 Å². The number of alkyl halides is 2. The van der Waals surface area contributed by atoms with Crippen molar-refractivity contribution in [2.24, 2.45) is 0 Å². The number of morpholine rings is 1. The summed E-state index contributed by atoms with van der Waals surface area (Å²) < 4.78 is 34.3. The number of rotatable bonds is 5. The molecule has 2 atom stereocenters. The van der Waals surface area contributed by atoms with E-state index in [4.69, 9.17) is 4.74 Å². The fourth-order valence-corrected chi connectivity index (χ4v) is 4.07. The van der Waals surface area contributed by atoms with Gasteiger partial charge < -0.3 is 20.1 Å². The van der Waals surface area contributed by atoms with Crippen LogP contribution < -0.4 is 5.32 Å². The fourth-order valence-electron chi connectivity index (χ4n) is 4.07. The first-order chi connectivity index (χ1) is 13.6. The standard InChI is InChI=1S/C21H28F2N2O4/c1-14-12-25(13-15(2)29-14)18(26)17-7-5-16(6-8-17)11-24-19(27)21(22,23)20(28)9-3-4-10-20/h5-8,14-15,28H,3-4,9-13H2,1-2H3,(H,24,27)/t14-,15-/m0/s1. The van der Waals surface area contributed by atoms with E-state index in [-0.39, 0.29) is 37.5 Å². The molecule has 1 aliphatic carbocycles. The summed E-state index contributed by atoms with van der Waals surface area (Å²) in [5.74, 6) is -5.42. The molecule has 3 rings (SSSR count). The van der Waals surface area contributed by atoms with Gasteiger partial charge in [0.2, 0.25) is 0 Å². The van der Waals surface area contributed by atoms with Crippen molar-refractivity contribution in [1.82, 2.24) is 10.2 Å². The monoisotopic (exact) mass is 410 g/mol. The fraction of sp³-hybridized carbons (Fsp3) is 0.619. The molecule has 2 N–H and O–H groups in total. The molecule has 2 fully saturated rings. The van der Waals surface area contributed by atoms with Crippen LogP contribution in [0.2, 0.25) is 0 Å². The van der Waals surface area contributed by atoms with E-state index in [0.717, 1.165) is 0 Å². The van der Waals surface area contributed by atoms with Crippen LogP contribution in [0.25, 0.3) is 0 Å². The minimum atomic E-state index is -3.83. The van der Waals surface area contributed by atoms with Gasteiger partial charge in [-0.2, -0.15) is 8.78 Å². The first-order valence-electron chi connectivity index (χ1n) is 10.0. The minimum absolute atomic E-state index is 0.0338. The molecule has 1 aromatic rings. The number of aliphatic hydroxyl groups is 1. The van der Waals surface area contributed by atoms with Gasteiger partial charge in [0.1, 0.15) is 5.60 Å². The molecule has 0 radical (unpaired) electrons. The number of hydrogen-bond acceptors (Lipinski definition) is 4. The number of benzene rings is 1. The zero-order chi connectivity index (χ0) is 21.2. The smallest absolute Gasteiger partial charge is 0.352 e. The Bertz CT molecular complexity index is 738. The Morgan fingerprint density at radius 3 is 2.28 bits per heavy atom. The van der Waals surface area contributed by atoms with Crippen LogP contribution in [0.15, 0.2) is 24.3 Å². The third kappa shape index (κ3) is 4.59. The quantitative estimate of drug-likeness (QED) is 0.782. The highest BCUT2D eigenvalue weighted by molar-refractivity contribution is 5.94. The third-order valence-corrected chi connectivity index (χ3v) is 5.66. The van der Waals surface area contributed by atoms with Crippen LogP contribution in [0.5, 0.6) is 0 Å². The summed E-state index contributed by atoms with van der Waals surface area (Å²) >= 11 is 0. The first kappa shape index (κ1) is 21.6. The average Bonchev–Trinajstić information content (AvgIpc) is 3.13. The Morgan fingerprint density at radius 2 is 1.72 bits per heavy atom. The second kappa shape index (κ2) is 8.36. The van der Waals surface area contributed by atoms with E-state index in [9.17, 15) is 23.5 Å². The number of amides is 2. The lowest BCUT2D eigenvalue weighted by Crippen LogP contribution is -2.55. The van der Waals surface area contributed by atoms with E-state index >= 15 is 0 Å². The van der Waals surface area contributed by atoms with Gasteiger partial charge in [-0.05, 0) is 44.4 Å². The van der Waals surface area contributed by atoms with E-state index in [1.165, 1.54) is 0 Å². The van der Waals surface area contributed by atoms with E-state index in [1.807, 2.05) is 13.8 Å². The van der Waals surface area contributed by atoms with Crippen LogP contribution in [0.3, 0.4) is 0 Å². The number of halogens is 2. The molecule has 0 unspecified atom stereocenters. The van der Waals surface area contributed by atoms with Crippen LogP contribution in [-0.4, -0.2) is 58.6 Å². The SMILES string of the molecule is C[C@H]1CN(C(=O)c2ccc(CNC(=O)C(F)(F)C3(O)CCCC3)cc2)C[C@H](C)O1. The molecule has 0 aromatic heterocycles. The Morgan fingerprint density at radius 1 is 1.17 bits per heavy atom. The summed E-state index contributed by atoms with van der Waals surface area (Å²) in [4.78, 5) is 26.4. The Hall–Kier alpha value is -2.06. The van der Waals surface area contributed by atoms with Crippen LogP contribution in [0.4, 0.5) is 8.78 Å². The molecule has 2 aliphatic rings. The molecule has 0 bridgehead atoms. The number of carbonyl (C=O) groups is 2. The molecular weight excluding hydrogens is 382 g/mol. The van der Waals surface area contributed by atoms with Crippen molar-refractivity contribution in [2.75, 3.05) is 13.1 Å². The van der Waals surface area contributed by atoms with E-state index < -0.39 is 17.4 Å². The molecule has 6 nitrogen and oxygen atoms in total. The van der Waals surface area contributed by atoms with Gasteiger partial charge in [0.15, 0.2) is 0 Å². The topological polar surface area (TPSA) is 78.9 Å². The van der Waals surface area contributed by atoms with Gasteiger partial charge in [-0.3, -0.25) is 9.59 Å². The Balaban J connectivity index is 1.58. The van der Waals surface area contributed by atoms with Crippen LogP contribution in [0.1, 0.15) is 55.5 Å². The van der Waals surface area contributed by atoms with Crippen molar-refractivity contribution in [3.05, 3.63) is 35.4 Å². The van der Waals surface area contributed by atoms with Crippen molar-refractivity contribution in [1.29, 1.82) is 0 Å². The van der Waals surface area contributed by atoms with E-state index in [0.29, 0.717) is 37.1 Å². The highest BCUT2D eigenvalue weighted by Crippen LogP contribution is 2.42. The van der Waals surface area contributed by atoms with Crippen LogP contribution in [0, 0.1) is 0 Å². The lowest BCUT2D eigenvalue weighted by molar-refractivity contribution is -0.191. The maximum absolute atomic E-state index is 14.3. The zero-order valence-electron chi connectivity index (χ0n) is 16.8. The molecule has 0 spiro atoms. The second-order valence-corrected chi connectivity index (χ2v) is 8.16. The molecule has 1 saturated heterocycles. The van der Waals surface area contributed by atoms with Gasteiger partial charge in [-0.25, -0.2) is 0 Å². The minimum Gasteiger partial charge on any atom is -0.383 e. The summed E-state index contributed by atoms with van der Waals surface area (Å²) in [6.45, 7) is 4.75. The lowest BCUT2D eigenvalue weighted by Gasteiger charge is -2.35.